The van der Waals surface area contributed by atoms with Crippen LogP contribution in [-0.2, 0) is 73.7 Å². The average molecular weight is 1440 g/mol. The number of rotatable bonds is 37. The number of ether oxygens (including phenoxy) is 3. The number of nitrogens with zero attached hydrogens (tertiary/aromatic N) is 4. The van der Waals surface area contributed by atoms with Crippen LogP contribution < -0.4 is 48.3 Å². The van der Waals surface area contributed by atoms with Crippen LogP contribution in [0.5, 0.6) is 0 Å². The monoisotopic (exact) mass is 1440 g/mol. The fourth-order valence-electron chi connectivity index (χ4n) is 10.7. The lowest BCUT2D eigenvalue weighted by Gasteiger charge is -2.34. The second-order valence-corrected chi connectivity index (χ2v) is 28.1. The maximum absolute atomic E-state index is 14.0. The fourth-order valence-corrected chi connectivity index (χ4v) is 12.6. The Morgan fingerprint density at radius 1 is 0.687 bits per heavy atom. The van der Waals surface area contributed by atoms with Gasteiger partial charge in [-0.3, -0.25) is 72.9 Å². The number of aliphatic carboxylic acids is 2. The van der Waals surface area contributed by atoms with E-state index in [1.807, 2.05) is 50.8 Å². The minimum Gasteiger partial charge on any atom is -0.480 e. The van der Waals surface area contributed by atoms with Crippen LogP contribution in [0.1, 0.15) is 117 Å². The molecule has 2 unspecified atom stereocenters. The lowest BCUT2D eigenvalue weighted by atomic mass is 9.95. The lowest BCUT2D eigenvalue weighted by molar-refractivity contribution is -0.139. The molecule has 1 fully saturated rings. The van der Waals surface area contributed by atoms with Crippen molar-refractivity contribution in [2.45, 2.75) is 159 Å². The molecule has 0 radical (unpaired) electrons. The number of carboxylic acids is 2. The molecule has 1 aromatic rings. The van der Waals surface area contributed by atoms with E-state index in [2.05, 4.69) is 48.6 Å². The highest BCUT2D eigenvalue weighted by Crippen LogP contribution is 2.21. The number of benzene rings is 1. The summed E-state index contributed by atoms with van der Waals surface area (Å²) in [5.74, 6) is -3.75. The summed E-state index contributed by atoms with van der Waals surface area (Å²) in [6.45, 7) is 15.3. The summed E-state index contributed by atoms with van der Waals surface area (Å²) in [4.78, 5) is 135. The molecule has 0 aromatic heterocycles. The molecule has 3 rings (SSSR count). The number of carbonyl (C=O) groups excluding carboxylic acids is 8. The standard InChI is InChI=1S/C66H115N13O18S2/c1-7-47(4)60-64(93)72-52(45-99-44-49-14-10-13-48(38-49)43-98-36-18-55(82)75-66(5,6)65(94)73-51(37-46(2)3)63(92)74-60)62(91)70-21-12-31-96-33-35-97-34-32-95-30-11-20-68-53(80)16-17-54(81)71-50(61(67)90)15-8-9-19-69-56(83)39-76-22-24-77(40-57(84)85)26-28-79(42-59(88)89)29-27-78(25-23-76)41-58(86)87/h10,13-14,38,46-47,50-52,59-60,64,72,88-89,93H,7-9,11-12,15-37,39-45H2,1-6H3,(H2,67,90)(H,68,80)(H,69,83)(H,70,91)(H,71,81)(H,73,94)(H,74,92)(H,75,82)(H,84,85)(H,86,87)/t47-,50-,51-,52?,60-,64?/m0/s1. The van der Waals surface area contributed by atoms with Gasteiger partial charge in [-0.25, -0.2) is 0 Å². The van der Waals surface area contributed by atoms with Crippen molar-refractivity contribution in [3.05, 3.63) is 35.4 Å². The van der Waals surface area contributed by atoms with E-state index in [0.29, 0.717) is 140 Å². The number of primary amides is 1. The third-order valence-electron chi connectivity index (χ3n) is 16.5. The van der Waals surface area contributed by atoms with Crippen molar-refractivity contribution in [2.75, 3.05) is 149 Å². The summed E-state index contributed by atoms with van der Waals surface area (Å²) in [6.07, 6.45) is -0.0975. The van der Waals surface area contributed by atoms with Gasteiger partial charge in [0.15, 0.2) is 6.29 Å². The number of nitrogens with two attached hydrogens (primary N) is 1. The van der Waals surface area contributed by atoms with Gasteiger partial charge in [0.25, 0.3) is 0 Å². The van der Waals surface area contributed by atoms with Gasteiger partial charge in [-0.2, -0.15) is 23.5 Å². The van der Waals surface area contributed by atoms with Gasteiger partial charge in [0, 0.05) is 134 Å². The Morgan fingerprint density at radius 2 is 1.21 bits per heavy atom. The van der Waals surface area contributed by atoms with Gasteiger partial charge in [0.2, 0.25) is 47.3 Å². The second kappa shape index (κ2) is 49.7. The highest BCUT2D eigenvalue weighted by molar-refractivity contribution is 7.98. The topological polar surface area (TPSA) is 435 Å². The molecule has 1 saturated heterocycles. The molecule has 0 aliphatic carbocycles. The minimum absolute atomic E-state index is 0.0146. The van der Waals surface area contributed by atoms with E-state index < -0.39 is 77.8 Å². The zero-order valence-electron chi connectivity index (χ0n) is 58.9. The summed E-state index contributed by atoms with van der Waals surface area (Å²) in [5.41, 5.74) is 6.41. The van der Waals surface area contributed by atoms with E-state index in [-0.39, 0.29) is 120 Å². The molecule has 6 atom stereocenters. The molecule has 15 N–H and O–H groups in total. The Kier molecular flexibility index (Phi) is 43.9. The van der Waals surface area contributed by atoms with Gasteiger partial charge in [-0.05, 0) is 75.3 Å². The third-order valence-corrected chi connectivity index (χ3v) is 18.6. The number of aliphatic hydroxyl groups is 3. The van der Waals surface area contributed by atoms with E-state index in [1.165, 1.54) is 11.8 Å². The van der Waals surface area contributed by atoms with Crippen molar-refractivity contribution in [3.8, 4) is 0 Å². The molecule has 33 heteroatoms. The van der Waals surface area contributed by atoms with Crippen molar-refractivity contribution in [1.82, 2.24) is 62.1 Å². The quantitative estimate of drug-likeness (QED) is 0.0269. The average Bonchev–Trinajstić information content (AvgIpc) is 0.854. The molecule has 0 spiro atoms. The van der Waals surface area contributed by atoms with Gasteiger partial charge in [0.1, 0.15) is 23.9 Å². The number of amides is 8. The zero-order chi connectivity index (χ0) is 73.1. The third kappa shape index (κ3) is 39.8. The van der Waals surface area contributed by atoms with Gasteiger partial charge in [-0.1, -0.05) is 58.4 Å². The van der Waals surface area contributed by atoms with Gasteiger partial charge < -0.3 is 82.7 Å². The van der Waals surface area contributed by atoms with Crippen molar-refractivity contribution in [3.63, 3.8) is 0 Å². The number of β-amino-alcohol motifs (C(OH)–C–C–N with tert-alkyl or cyclic N) is 2. The predicted molar refractivity (Wildman–Crippen MR) is 375 cm³/mol. The molecule has 2 aliphatic heterocycles. The van der Waals surface area contributed by atoms with Crippen LogP contribution in [0.4, 0.5) is 0 Å². The van der Waals surface area contributed by atoms with Crippen LogP contribution in [0, 0.1) is 11.8 Å². The van der Waals surface area contributed by atoms with Gasteiger partial charge in [-0.15, -0.1) is 0 Å². The lowest BCUT2D eigenvalue weighted by Crippen LogP contribution is -2.63. The van der Waals surface area contributed by atoms with Gasteiger partial charge >= 0.3 is 11.9 Å². The molecule has 0 saturated carbocycles. The Morgan fingerprint density at radius 3 is 1.77 bits per heavy atom. The van der Waals surface area contributed by atoms with Crippen LogP contribution >= 0.6 is 23.5 Å². The first kappa shape index (κ1) is 87.4. The molecule has 564 valence electrons. The molecule has 2 bridgehead atoms. The number of unbranched alkanes of at least 4 members (excludes halogenated alkanes) is 1. The molecule has 99 heavy (non-hydrogen) atoms. The first-order valence-corrected chi connectivity index (χ1v) is 36.9. The van der Waals surface area contributed by atoms with E-state index in [4.69, 9.17) is 19.9 Å². The summed E-state index contributed by atoms with van der Waals surface area (Å²) in [5, 5.41) is 72.9. The summed E-state index contributed by atoms with van der Waals surface area (Å²) in [7, 11) is 0. The van der Waals surface area contributed by atoms with Crippen molar-refractivity contribution >= 4 is 82.7 Å². The first-order valence-electron chi connectivity index (χ1n) is 34.6. The van der Waals surface area contributed by atoms with Crippen LogP contribution in [-0.4, -0.2) is 296 Å². The van der Waals surface area contributed by atoms with Crippen molar-refractivity contribution < 1.29 is 87.7 Å². The second-order valence-electron chi connectivity index (χ2n) is 26.0. The number of carbonyl (C=O) groups is 10. The Balaban J connectivity index is 1.33. The Hall–Kier alpha value is -5.82. The summed E-state index contributed by atoms with van der Waals surface area (Å²) < 4.78 is 17.0. The van der Waals surface area contributed by atoms with Crippen LogP contribution in [0.2, 0.25) is 0 Å². The maximum Gasteiger partial charge on any atom is 0.317 e. The maximum atomic E-state index is 14.0. The van der Waals surface area contributed by atoms with Crippen molar-refractivity contribution in [2.24, 2.45) is 17.6 Å². The van der Waals surface area contributed by atoms with Crippen LogP contribution in [0.3, 0.4) is 0 Å². The smallest absolute Gasteiger partial charge is 0.317 e. The number of thioether (sulfide) groups is 2. The summed E-state index contributed by atoms with van der Waals surface area (Å²) >= 11 is 3.13. The molecule has 1 aromatic carbocycles. The van der Waals surface area contributed by atoms with Crippen LogP contribution in [0.25, 0.3) is 0 Å². The number of hydrogen-bond donors (Lipinski definition) is 14. The first-order chi connectivity index (χ1) is 47.1. The Bertz CT molecular complexity index is 2590. The normalized spacial score (nSPS) is 20.5. The van der Waals surface area contributed by atoms with Crippen LogP contribution in [0.15, 0.2) is 24.3 Å². The molecular weight excluding hydrogens is 1330 g/mol. The SMILES string of the molecule is CC[C@H](C)[C@@H]1NC(=O)[C@H](CC(C)C)NC(=O)C(C)(C)NC(=O)CCSCc2cccc(c2)CSCC(C(=O)NCCCOCCOCCOCCCNC(=O)CCC(=O)N[C@@H](CCCCNC(=O)CN2CCN(CC(=O)O)CCN(CC(O)O)CCN(CC(=O)O)CC2)C(N)=O)NC1O. The molecule has 2 heterocycles. The van der Waals surface area contributed by atoms with E-state index in [1.54, 1.807) is 40.3 Å². The zero-order valence-corrected chi connectivity index (χ0v) is 60.5. The van der Waals surface area contributed by atoms with Crippen molar-refractivity contribution in [1.29, 1.82) is 0 Å². The number of fused-ring (bicyclic) bond motifs is 2. The number of hydrogen-bond acceptors (Lipinski definition) is 23. The highest BCUT2D eigenvalue weighted by Gasteiger charge is 2.36. The number of aliphatic hydroxyl groups excluding tert-OH is 2. The molecule has 8 amide bonds. The fraction of sp³-hybridized carbons (Fsp3) is 0.758. The van der Waals surface area contributed by atoms with E-state index in [0.717, 1.165) is 11.1 Å². The molecule has 2 aliphatic rings. The highest BCUT2D eigenvalue weighted by atomic mass is 32.2. The number of carboxylic acid groups (broad SMARTS) is 2. The largest absolute Gasteiger partial charge is 0.480 e. The predicted octanol–water partition coefficient (Wildman–Crippen LogP) is -1.41. The number of nitrogens with one attached hydrogen (secondary N) is 8. The van der Waals surface area contributed by atoms with Gasteiger partial charge in [0.05, 0.1) is 58.1 Å². The van der Waals surface area contributed by atoms with E-state index in [9.17, 15) is 73.5 Å². The molecule has 31 nitrogen and oxygen atoms in total. The van der Waals surface area contributed by atoms with E-state index >= 15 is 0 Å². The molecular formula is C66H115N13O18S2. The minimum atomic E-state index is -1.62. The summed E-state index contributed by atoms with van der Waals surface area (Å²) in [6, 6.07) is 4.48. The Labute approximate surface area is 591 Å².